The number of likely N-dealkylation sites (N-methyl/N-ethyl adjacent to an activating group) is 1. The summed E-state index contributed by atoms with van der Waals surface area (Å²) in [7, 11) is -1.84. The maximum Gasteiger partial charge on any atom is 0.294 e. The highest BCUT2D eigenvalue weighted by atomic mass is 32.2. The molecule has 0 spiro atoms. The molecule has 0 radical (unpaired) electrons. The molecule has 0 bridgehead atoms. The lowest BCUT2D eigenvalue weighted by molar-refractivity contribution is -0.120. The minimum absolute atomic E-state index is 0.0465. The van der Waals surface area contributed by atoms with Gasteiger partial charge in [-0.2, -0.15) is 9.36 Å². The molecule has 0 atom stereocenters. The second-order valence-corrected chi connectivity index (χ2v) is 6.82. The zero-order valence-corrected chi connectivity index (χ0v) is 13.0. The molecular formula is C12H13N3O4S2. The van der Waals surface area contributed by atoms with Crippen LogP contribution in [-0.2, 0) is 14.6 Å². The van der Waals surface area contributed by atoms with E-state index in [1.54, 1.807) is 19.2 Å². The summed E-state index contributed by atoms with van der Waals surface area (Å²) in [5, 5.41) is -0.253. The number of hydrogen-bond donors (Lipinski definition) is 0. The summed E-state index contributed by atoms with van der Waals surface area (Å²) in [5.74, 6) is -0.280. The minimum atomic E-state index is -3.47. The van der Waals surface area contributed by atoms with Gasteiger partial charge >= 0.3 is 0 Å². The van der Waals surface area contributed by atoms with Crippen molar-refractivity contribution >= 4 is 33.0 Å². The van der Waals surface area contributed by atoms with Crippen LogP contribution in [0, 0.1) is 0 Å². The number of rotatable bonds is 5. The minimum Gasteiger partial charge on any atom is -0.459 e. The molecule has 0 fully saturated rings. The van der Waals surface area contributed by atoms with Crippen LogP contribution in [0.3, 0.4) is 0 Å². The van der Waals surface area contributed by atoms with Gasteiger partial charge in [-0.25, -0.2) is 8.42 Å². The van der Waals surface area contributed by atoms with Gasteiger partial charge in [0.2, 0.25) is 9.84 Å². The second kappa shape index (κ2) is 6.19. The molecule has 0 N–H and O–H groups in total. The molecule has 112 valence electrons. The summed E-state index contributed by atoms with van der Waals surface area (Å²) in [4.78, 5) is 17.1. The molecule has 0 saturated heterocycles. The average Bonchev–Trinajstić information content (AvgIpc) is 2.94. The predicted octanol–water partition coefficient (Wildman–Crippen LogP) is 0.983. The van der Waals surface area contributed by atoms with Gasteiger partial charge in [0, 0.05) is 30.5 Å². The number of benzene rings is 1. The zero-order chi connectivity index (χ0) is 15.5. The molecule has 1 aromatic heterocycles. The van der Waals surface area contributed by atoms with Gasteiger partial charge in [0.15, 0.2) is 6.61 Å². The van der Waals surface area contributed by atoms with E-state index in [0.29, 0.717) is 0 Å². The van der Waals surface area contributed by atoms with Crippen molar-refractivity contribution in [1.29, 1.82) is 0 Å². The van der Waals surface area contributed by atoms with Crippen LogP contribution < -0.4 is 9.64 Å². The van der Waals surface area contributed by atoms with Crippen molar-refractivity contribution in [2.75, 3.05) is 24.8 Å². The van der Waals surface area contributed by atoms with Gasteiger partial charge in [-0.15, -0.1) is 0 Å². The Bertz CT molecular complexity index is 728. The molecule has 0 aliphatic carbocycles. The molecule has 21 heavy (non-hydrogen) atoms. The Hall–Kier alpha value is -2.00. The summed E-state index contributed by atoms with van der Waals surface area (Å²) in [6.07, 6.45) is 1.01. The Morgan fingerprint density at radius 3 is 2.57 bits per heavy atom. The van der Waals surface area contributed by atoms with Gasteiger partial charge in [-0.05, 0) is 12.1 Å². The van der Waals surface area contributed by atoms with E-state index in [4.69, 9.17) is 4.74 Å². The largest absolute Gasteiger partial charge is 0.459 e. The van der Waals surface area contributed by atoms with Crippen LogP contribution in [0.15, 0.2) is 35.5 Å². The molecule has 0 saturated carbocycles. The quantitative estimate of drug-likeness (QED) is 0.813. The maximum atomic E-state index is 12.0. The second-order valence-electron chi connectivity index (χ2n) is 4.19. The van der Waals surface area contributed by atoms with E-state index in [2.05, 4.69) is 9.36 Å². The van der Waals surface area contributed by atoms with Crippen LogP contribution in [0.4, 0.5) is 5.69 Å². The normalized spacial score (nSPS) is 11.1. The van der Waals surface area contributed by atoms with Gasteiger partial charge in [-0.1, -0.05) is 18.2 Å². The Kier molecular flexibility index (Phi) is 4.53. The number of carbonyl (C=O) groups excluding carboxylic acids is 1. The molecule has 2 aromatic rings. The van der Waals surface area contributed by atoms with Crippen LogP contribution >= 0.6 is 11.5 Å². The van der Waals surface area contributed by atoms with Crippen LogP contribution in [0.5, 0.6) is 5.19 Å². The topological polar surface area (TPSA) is 89.5 Å². The first kappa shape index (κ1) is 15.4. The third kappa shape index (κ3) is 3.99. The summed E-state index contributed by atoms with van der Waals surface area (Å²) in [6.45, 7) is -0.246. The number of aromatic nitrogens is 2. The maximum absolute atomic E-state index is 12.0. The molecule has 1 aromatic carbocycles. The number of anilines is 1. The first-order valence-electron chi connectivity index (χ1n) is 5.86. The molecule has 0 unspecified atom stereocenters. The number of nitrogens with zero attached hydrogens (tertiary/aromatic N) is 3. The van der Waals surface area contributed by atoms with Crippen LogP contribution in [0.25, 0.3) is 0 Å². The highest BCUT2D eigenvalue weighted by Crippen LogP contribution is 2.17. The SMILES string of the molecule is CN(C(=O)COc1nc(S(C)(=O)=O)ns1)c1ccccc1. The lowest BCUT2D eigenvalue weighted by atomic mass is 10.3. The predicted molar refractivity (Wildman–Crippen MR) is 78.4 cm³/mol. The average molecular weight is 327 g/mol. The lowest BCUT2D eigenvalue weighted by Gasteiger charge is -2.16. The number of hydrogen-bond acceptors (Lipinski definition) is 7. The highest BCUT2D eigenvalue weighted by Gasteiger charge is 2.17. The monoisotopic (exact) mass is 327 g/mol. The first-order chi connectivity index (χ1) is 9.88. The van der Waals surface area contributed by atoms with Crippen molar-refractivity contribution in [3.8, 4) is 5.19 Å². The van der Waals surface area contributed by atoms with Gasteiger partial charge in [0.1, 0.15) is 0 Å². The number of para-hydroxylation sites is 1. The van der Waals surface area contributed by atoms with Gasteiger partial charge in [-0.3, -0.25) is 4.79 Å². The van der Waals surface area contributed by atoms with Crippen LogP contribution in [-0.4, -0.2) is 43.6 Å². The number of carbonyl (C=O) groups is 1. The van der Waals surface area contributed by atoms with Crippen molar-refractivity contribution in [1.82, 2.24) is 9.36 Å². The molecule has 1 heterocycles. The van der Waals surface area contributed by atoms with Crippen LogP contribution in [0.2, 0.25) is 0 Å². The number of sulfone groups is 1. The molecule has 2 rings (SSSR count). The van der Waals surface area contributed by atoms with Gasteiger partial charge < -0.3 is 9.64 Å². The molecule has 7 nitrogen and oxygen atoms in total. The number of amides is 1. The fourth-order valence-electron chi connectivity index (χ4n) is 1.42. The lowest BCUT2D eigenvalue weighted by Crippen LogP contribution is -2.31. The van der Waals surface area contributed by atoms with E-state index in [0.717, 1.165) is 23.5 Å². The Labute approximate surface area is 126 Å². The van der Waals surface area contributed by atoms with Gasteiger partial charge in [0.05, 0.1) is 0 Å². The summed E-state index contributed by atoms with van der Waals surface area (Å²) in [6, 6.07) is 9.09. The van der Waals surface area contributed by atoms with Gasteiger partial charge in [0.25, 0.3) is 16.3 Å². The first-order valence-corrected chi connectivity index (χ1v) is 8.52. The van der Waals surface area contributed by atoms with E-state index >= 15 is 0 Å². The molecule has 9 heteroatoms. The van der Waals surface area contributed by atoms with Crippen molar-refractivity contribution in [2.24, 2.45) is 0 Å². The van der Waals surface area contributed by atoms with Crippen molar-refractivity contribution < 1.29 is 17.9 Å². The van der Waals surface area contributed by atoms with Crippen LogP contribution in [0.1, 0.15) is 0 Å². The van der Waals surface area contributed by atoms with Crippen molar-refractivity contribution in [3.63, 3.8) is 0 Å². The number of ether oxygens (including phenoxy) is 1. The molecular weight excluding hydrogens is 314 g/mol. The van der Waals surface area contributed by atoms with Crippen molar-refractivity contribution in [3.05, 3.63) is 30.3 Å². The fraction of sp³-hybridized carbons (Fsp3) is 0.250. The summed E-state index contributed by atoms with van der Waals surface area (Å²) >= 11 is 0.793. The summed E-state index contributed by atoms with van der Waals surface area (Å²) < 4.78 is 31.3. The van der Waals surface area contributed by atoms with E-state index in [9.17, 15) is 13.2 Å². The highest BCUT2D eigenvalue weighted by molar-refractivity contribution is 7.90. The third-order valence-corrected chi connectivity index (χ3v) is 4.15. The van der Waals surface area contributed by atoms with E-state index < -0.39 is 9.84 Å². The third-order valence-electron chi connectivity index (χ3n) is 2.56. The Balaban J connectivity index is 1.97. The van der Waals surface area contributed by atoms with E-state index in [1.807, 2.05) is 18.2 Å². The molecule has 1 amide bonds. The zero-order valence-electron chi connectivity index (χ0n) is 11.4. The smallest absolute Gasteiger partial charge is 0.294 e. The summed E-state index contributed by atoms with van der Waals surface area (Å²) in [5.41, 5.74) is 0.736. The fourth-order valence-corrected chi connectivity index (χ4v) is 2.82. The Morgan fingerprint density at radius 2 is 2.00 bits per heavy atom. The van der Waals surface area contributed by atoms with E-state index in [1.165, 1.54) is 4.90 Å². The molecule has 0 aliphatic rings. The molecule has 0 aliphatic heterocycles. The Morgan fingerprint density at radius 1 is 1.33 bits per heavy atom. The van der Waals surface area contributed by atoms with E-state index in [-0.39, 0.29) is 22.9 Å². The standard InChI is InChI=1S/C12H13N3O4S2/c1-15(9-6-4-3-5-7-9)10(16)8-19-12-13-11(14-20-12)21(2,17)18/h3-7H,8H2,1-2H3. The van der Waals surface area contributed by atoms with Crippen molar-refractivity contribution in [2.45, 2.75) is 5.16 Å².